The molecule has 8 heteroatoms. The Morgan fingerprint density at radius 1 is 1.53 bits per heavy atom. The predicted molar refractivity (Wildman–Crippen MR) is 63.1 cm³/mol. The van der Waals surface area contributed by atoms with Gasteiger partial charge in [0.05, 0.1) is 18.7 Å². The molecular weight excluding hydrogens is 261 g/mol. The first-order valence-electron chi connectivity index (χ1n) is 5.62. The third-order valence-electron chi connectivity index (χ3n) is 2.80. The Morgan fingerprint density at radius 3 is 2.89 bits per heavy atom. The Morgan fingerprint density at radius 2 is 2.26 bits per heavy atom. The number of anilines is 1. The van der Waals surface area contributed by atoms with Crippen molar-refractivity contribution in [3.05, 3.63) is 23.9 Å². The summed E-state index contributed by atoms with van der Waals surface area (Å²) in [6.45, 7) is 0.581. The van der Waals surface area contributed by atoms with Crippen LogP contribution in [0.15, 0.2) is 18.3 Å². The first kappa shape index (κ1) is 13.6. The highest BCUT2D eigenvalue weighted by Gasteiger charge is 2.36. The number of ether oxygens (including phenoxy) is 1. The van der Waals surface area contributed by atoms with Crippen molar-refractivity contribution in [2.75, 3.05) is 24.6 Å². The second-order valence-corrected chi connectivity index (χ2v) is 4.13. The Balaban J connectivity index is 2.29. The molecule has 3 N–H and O–H groups in total. The van der Waals surface area contributed by atoms with Gasteiger partial charge in [-0.05, 0) is 12.1 Å². The number of nitrogens with zero attached hydrogens (tertiary/aromatic N) is 2. The lowest BCUT2D eigenvalue weighted by Gasteiger charge is -2.34. The zero-order valence-electron chi connectivity index (χ0n) is 9.94. The number of halogens is 3. The molecule has 0 radical (unpaired) electrons. The molecule has 0 saturated carbocycles. The maximum atomic E-state index is 12.9. The Bertz CT molecular complexity index is 477. The van der Waals surface area contributed by atoms with Gasteiger partial charge in [0.2, 0.25) is 0 Å². The number of nitrogens with two attached hydrogens (primary N) is 1. The maximum absolute atomic E-state index is 12.9. The number of pyridine rings is 1. The SMILES string of the molecule is N=C(N)C1CN(c2ncccc2C(F)(F)F)CCO1. The van der Waals surface area contributed by atoms with Crippen LogP contribution in [0.5, 0.6) is 0 Å². The number of alkyl halides is 3. The minimum absolute atomic E-state index is 0.0927. The molecule has 104 valence electrons. The average molecular weight is 274 g/mol. The lowest BCUT2D eigenvalue weighted by Crippen LogP contribution is -2.49. The molecule has 2 rings (SSSR count). The average Bonchev–Trinajstić information content (AvgIpc) is 2.38. The summed E-state index contributed by atoms with van der Waals surface area (Å²) in [5.74, 6) is -0.348. The van der Waals surface area contributed by atoms with Gasteiger partial charge in [-0.25, -0.2) is 4.98 Å². The number of rotatable bonds is 2. The van der Waals surface area contributed by atoms with Crippen molar-refractivity contribution < 1.29 is 17.9 Å². The summed E-state index contributed by atoms with van der Waals surface area (Å²) in [6.07, 6.45) is -3.85. The Labute approximate surface area is 107 Å². The number of aromatic nitrogens is 1. The molecular formula is C11H13F3N4O. The highest BCUT2D eigenvalue weighted by molar-refractivity contribution is 5.82. The van der Waals surface area contributed by atoms with Crippen LogP contribution in [0.2, 0.25) is 0 Å². The molecule has 1 unspecified atom stereocenters. The van der Waals surface area contributed by atoms with Gasteiger partial charge in [-0.1, -0.05) is 0 Å². The minimum Gasteiger partial charge on any atom is -0.385 e. The van der Waals surface area contributed by atoms with Crippen molar-refractivity contribution in [3.8, 4) is 0 Å². The molecule has 1 aliphatic heterocycles. The van der Waals surface area contributed by atoms with Gasteiger partial charge in [0, 0.05) is 12.7 Å². The van der Waals surface area contributed by atoms with E-state index < -0.39 is 17.8 Å². The molecule has 2 heterocycles. The summed E-state index contributed by atoms with van der Waals surface area (Å²) in [5.41, 5.74) is 4.53. The van der Waals surface area contributed by atoms with E-state index in [-0.39, 0.29) is 31.3 Å². The molecule has 19 heavy (non-hydrogen) atoms. The van der Waals surface area contributed by atoms with Gasteiger partial charge in [-0.3, -0.25) is 5.41 Å². The van der Waals surface area contributed by atoms with Crippen LogP contribution in [0.3, 0.4) is 0 Å². The van der Waals surface area contributed by atoms with Crippen molar-refractivity contribution in [1.82, 2.24) is 4.98 Å². The summed E-state index contributed by atoms with van der Waals surface area (Å²) >= 11 is 0. The largest absolute Gasteiger partial charge is 0.419 e. The predicted octanol–water partition coefficient (Wildman–Crippen LogP) is 1.24. The zero-order valence-corrected chi connectivity index (χ0v) is 9.94. The van der Waals surface area contributed by atoms with E-state index in [1.807, 2.05) is 0 Å². The van der Waals surface area contributed by atoms with Gasteiger partial charge in [0.25, 0.3) is 0 Å². The van der Waals surface area contributed by atoms with Crippen LogP contribution in [-0.4, -0.2) is 36.6 Å². The second-order valence-electron chi connectivity index (χ2n) is 4.13. The lowest BCUT2D eigenvalue weighted by molar-refractivity contribution is -0.137. The molecule has 5 nitrogen and oxygen atoms in total. The summed E-state index contributed by atoms with van der Waals surface area (Å²) < 4.78 is 43.9. The molecule has 0 amide bonds. The quantitative estimate of drug-likeness (QED) is 0.628. The van der Waals surface area contributed by atoms with Crippen LogP contribution in [0.25, 0.3) is 0 Å². The second kappa shape index (κ2) is 5.04. The van der Waals surface area contributed by atoms with Gasteiger partial charge >= 0.3 is 6.18 Å². The molecule has 1 saturated heterocycles. The van der Waals surface area contributed by atoms with Crippen LogP contribution in [0.1, 0.15) is 5.56 Å². The highest BCUT2D eigenvalue weighted by Crippen LogP contribution is 2.35. The Hall–Kier alpha value is -1.83. The fraction of sp³-hybridized carbons (Fsp3) is 0.455. The monoisotopic (exact) mass is 274 g/mol. The van der Waals surface area contributed by atoms with E-state index in [0.717, 1.165) is 6.07 Å². The molecule has 1 aromatic rings. The summed E-state index contributed by atoms with van der Waals surface area (Å²) in [7, 11) is 0. The van der Waals surface area contributed by atoms with E-state index >= 15 is 0 Å². The topological polar surface area (TPSA) is 75.2 Å². The van der Waals surface area contributed by atoms with E-state index in [1.165, 1.54) is 17.2 Å². The number of amidine groups is 1. The molecule has 1 atom stereocenters. The zero-order chi connectivity index (χ0) is 14.0. The van der Waals surface area contributed by atoms with E-state index in [0.29, 0.717) is 0 Å². The van der Waals surface area contributed by atoms with Crippen molar-refractivity contribution in [1.29, 1.82) is 5.41 Å². The number of morpholine rings is 1. The van der Waals surface area contributed by atoms with Gasteiger partial charge in [0.1, 0.15) is 17.8 Å². The van der Waals surface area contributed by atoms with Crippen LogP contribution in [-0.2, 0) is 10.9 Å². The van der Waals surface area contributed by atoms with Crippen molar-refractivity contribution in [2.45, 2.75) is 12.3 Å². The summed E-state index contributed by atoms with van der Waals surface area (Å²) in [6, 6.07) is 2.23. The van der Waals surface area contributed by atoms with E-state index in [1.54, 1.807) is 0 Å². The van der Waals surface area contributed by atoms with Crippen molar-refractivity contribution in [2.24, 2.45) is 5.73 Å². The first-order valence-corrected chi connectivity index (χ1v) is 5.62. The summed E-state index contributed by atoms with van der Waals surface area (Å²) in [5, 5.41) is 7.30. The lowest BCUT2D eigenvalue weighted by atomic mass is 10.2. The Kier molecular flexibility index (Phi) is 3.61. The third kappa shape index (κ3) is 2.95. The molecule has 0 bridgehead atoms. The standard InChI is InChI=1S/C11H13F3N4O/c12-11(13,14)7-2-1-3-17-10(7)18-4-5-19-8(6-18)9(15)16/h1-3,8H,4-6H2,(H3,15,16). The van der Waals surface area contributed by atoms with E-state index in [2.05, 4.69) is 4.98 Å². The molecule has 0 aliphatic carbocycles. The fourth-order valence-electron chi connectivity index (χ4n) is 1.90. The van der Waals surface area contributed by atoms with E-state index in [9.17, 15) is 13.2 Å². The molecule has 1 fully saturated rings. The van der Waals surface area contributed by atoms with Gasteiger partial charge < -0.3 is 15.4 Å². The van der Waals surface area contributed by atoms with Crippen molar-refractivity contribution in [3.63, 3.8) is 0 Å². The van der Waals surface area contributed by atoms with Gasteiger partial charge in [-0.2, -0.15) is 13.2 Å². The summed E-state index contributed by atoms with van der Waals surface area (Å²) in [4.78, 5) is 5.24. The maximum Gasteiger partial charge on any atom is 0.419 e. The highest BCUT2D eigenvalue weighted by atomic mass is 19.4. The van der Waals surface area contributed by atoms with Gasteiger partial charge in [0.15, 0.2) is 0 Å². The molecule has 0 aromatic carbocycles. The fourth-order valence-corrected chi connectivity index (χ4v) is 1.90. The van der Waals surface area contributed by atoms with Crippen molar-refractivity contribution >= 4 is 11.7 Å². The number of hydrogen-bond donors (Lipinski definition) is 2. The van der Waals surface area contributed by atoms with Gasteiger partial charge in [-0.15, -0.1) is 0 Å². The first-order chi connectivity index (χ1) is 8.89. The minimum atomic E-state index is -4.46. The van der Waals surface area contributed by atoms with Crippen LogP contribution in [0, 0.1) is 5.41 Å². The smallest absolute Gasteiger partial charge is 0.385 e. The number of nitrogens with one attached hydrogen (secondary N) is 1. The van der Waals surface area contributed by atoms with Crippen LogP contribution >= 0.6 is 0 Å². The normalized spacial score (nSPS) is 20.4. The molecule has 0 spiro atoms. The molecule has 1 aliphatic rings. The molecule has 1 aromatic heterocycles. The van der Waals surface area contributed by atoms with Crippen LogP contribution in [0.4, 0.5) is 19.0 Å². The number of hydrogen-bond acceptors (Lipinski definition) is 4. The third-order valence-corrected chi connectivity index (χ3v) is 2.80. The van der Waals surface area contributed by atoms with E-state index in [4.69, 9.17) is 15.9 Å². The van der Waals surface area contributed by atoms with Crippen LogP contribution < -0.4 is 10.6 Å².